The molecule has 16 heavy (non-hydrogen) atoms. The molecule has 3 rings (SSSR count). The Morgan fingerprint density at radius 3 is 2.38 bits per heavy atom. The second kappa shape index (κ2) is 4.18. The topological polar surface area (TPSA) is 12.0 Å². The summed E-state index contributed by atoms with van der Waals surface area (Å²) in [5.41, 5.74) is 0. The number of fused-ring (bicyclic) bond motifs is 2. The van der Waals surface area contributed by atoms with E-state index in [-0.39, 0.29) is 0 Å². The summed E-state index contributed by atoms with van der Waals surface area (Å²) >= 11 is 0. The Bertz CT molecular complexity index is 279. The van der Waals surface area contributed by atoms with Crippen molar-refractivity contribution in [2.45, 2.75) is 58.0 Å². The average Bonchev–Trinajstić information content (AvgIpc) is 2.74. The van der Waals surface area contributed by atoms with Crippen molar-refractivity contribution in [2.75, 3.05) is 0 Å². The van der Waals surface area contributed by atoms with Crippen LogP contribution in [0.1, 0.15) is 46.0 Å². The Balaban J connectivity index is 1.53. The van der Waals surface area contributed by atoms with E-state index >= 15 is 0 Å². The lowest BCUT2D eigenvalue weighted by Crippen LogP contribution is -2.45. The molecule has 2 fully saturated rings. The number of hydrogen-bond acceptors (Lipinski definition) is 1. The van der Waals surface area contributed by atoms with E-state index in [2.05, 4.69) is 31.3 Å². The molecule has 0 radical (unpaired) electrons. The van der Waals surface area contributed by atoms with E-state index < -0.39 is 0 Å². The van der Waals surface area contributed by atoms with Crippen LogP contribution in [-0.4, -0.2) is 12.1 Å². The van der Waals surface area contributed by atoms with Crippen LogP contribution in [0, 0.1) is 23.7 Å². The lowest BCUT2D eigenvalue weighted by Gasteiger charge is -2.36. The third-order valence-corrected chi connectivity index (χ3v) is 5.36. The van der Waals surface area contributed by atoms with E-state index in [9.17, 15) is 0 Å². The predicted molar refractivity (Wildman–Crippen MR) is 68.2 cm³/mol. The summed E-state index contributed by atoms with van der Waals surface area (Å²) < 4.78 is 0. The molecule has 0 spiro atoms. The van der Waals surface area contributed by atoms with E-state index in [1.54, 1.807) is 0 Å². The van der Waals surface area contributed by atoms with E-state index in [0.29, 0.717) is 0 Å². The van der Waals surface area contributed by atoms with Crippen molar-refractivity contribution >= 4 is 0 Å². The molecule has 0 heterocycles. The highest BCUT2D eigenvalue weighted by atomic mass is 15.0. The van der Waals surface area contributed by atoms with E-state index in [0.717, 1.165) is 35.8 Å². The largest absolute Gasteiger partial charge is 0.311 e. The minimum atomic E-state index is 0.718. The molecule has 0 aromatic heterocycles. The zero-order valence-corrected chi connectivity index (χ0v) is 10.7. The SMILES string of the molecule is CC(NC(C)C1CC2C=CC1C2)C1CCC1. The van der Waals surface area contributed by atoms with E-state index in [1.807, 2.05) is 0 Å². The van der Waals surface area contributed by atoms with Crippen molar-refractivity contribution in [2.24, 2.45) is 23.7 Å². The van der Waals surface area contributed by atoms with Crippen LogP contribution < -0.4 is 5.32 Å². The molecule has 1 heteroatoms. The molecule has 0 aliphatic heterocycles. The molecule has 3 aliphatic rings. The maximum Gasteiger partial charge on any atom is 0.00754 e. The first-order valence-corrected chi connectivity index (χ1v) is 7.18. The molecule has 0 amide bonds. The zero-order chi connectivity index (χ0) is 11.1. The van der Waals surface area contributed by atoms with Gasteiger partial charge in [0.05, 0.1) is 0 Å². The van der Waals surface area contributed by atoms with Crippen molar-refractivity contribution in [1.82, 2.24) is 5.32 Å². The van der Waals surface area contributed by atoms with Crippen molar-refractivity contribution in [3.05, 3.63) is 12.2 Å². The normalized spacial score (nSPS) is 41.0. The molecule has 3 aliphatic carbocycles. The van der Waals surface area contributed by atoms with Gasteiger partial charge in [0.2, 0.25) is 0 Å². The van der Waals surface area contributed by atoms with Gasteiger partial charge in [-0.1, -0.05) is 18.6 Å². The number of nitrogens with one attached hydrogen (secondary N) is 1. The molecular formula is C15H25N. The van der Waals surface area contributed by atoms with Crippen molar-refractivity contribution in [3.8, 4) is 0 Å². The molecule has 5 atom stereocenters. The molecule has 2 bridgehead atoms. The van der Waals surface area contributed by atoms with Gasteiger partial charge in [0.25, 0.3) is 0 Å². The number of hydrogen-bond donors (Lipinski definition) is 1. The Morgan fingerprint density at radius 1 is 1.06 bits per heavy atom. The molecule has 0 aromatic rings. The van der Waals surface area contributed by atoms with E-state index in [1.165, 1.54) is 32.1 Å². The smallest absolute Gasteiger partial charge is 0.00754 e. The highest BCUT2D eigenvalue weighted by molar-refractivity contribution is 5.11. The maximum absolute atomic E-state index is 3.87. The van der Waals surface area contributed by atoms with Gasteiger partial charge in [-0.2, -0.15) is 0 Å². The molecule has 1 nitrogen and oxygen atoms in total. The number of rotatable bonds is 4. The second-order valence-corrected chi connectivity index (χ2v) is 6.38. The van der Waals surface area contributed by atoms with E-state index in [4.69, 9.17) is 0 Å². The van der Waals surface area contributed by atoms with Gasteiger partial charge in [0.1, 0.15) is 0 Å². The summed E-state index contributed by atoms with van der Waals surface area (Å²) in [7, 11) is 0. The zero-order valence-electron chi connectivity index (χ0n) is 10.7. The monoisotopic (exact) mass is 219 g/mol. The van der Waals surface area contributed by atoms with Crippen LogP contribution in [0.5, 0.6) is 0 Å². The lowest BCUT2D eigenvalue weighted by molar-refractivity contribution is 0.203. The minimum absolute atomic E-state index is 0.718. The summed E-state index contributed by atoms with van der Waals surface area (Å²) in [5, 5.41) is 3.87. The average molecular weight is 219 g/mol. The van der Waals surface area contributed by atoms with Crippen LogP contribution in [0.3, 0.4) is 0 Å². The van der Waals surface area contributed by atoms with Crippen LogP contribution in [0.15, 0.2) is 12.2 Å². The molecular weight excluding hydrogens is 194 g/mol. The van der Waals surface area contributed by atoms with Gasteiger partial charge in [-0.3, -0.25) is 0 Å². The quantitative estimate of drug-likeness (QED) is 0.715. The van der Waals surface area contributed by atoms with Crippen molar-refractivity contribution < 1.29 is 0 Å². The fraction of sp³-hybridized carbons (Fsp3) is 0.867. The molecule has 90 valence electrons. The maximum atomic E-state index is 3.87. The Labute approximate surface area is 99.7 Å². The van der Waals surface area contributed by atoms with Gasteiger partial charge >= 0.3 is 0 Å². The standard InChI is InChI=1S/C15H25N/c1-10(13-4-3-5-13)16-11(2)15-9-12-6-7-14(15)8-12/h6-7,10-16H,3-5,8-9H2,1-2H3. The van der Waals surface area contributed by atoms with Crippen LogP contribution in [0.25, 0.3) is 0 Å². The van der Waals surface area contributed by atoms with Crippen LogP contribution in [-0.2, 0) is 0 Å². The highest BCUT2D eigenvalue weighted by Crippen LogP contribution is 2.45. The van der Waals surface area contributed by atoms with Crippen LogP contribution in [0.4, 0.5) is 0 Å². The highest BCUT2D eigenvalue weighted by Gasteiger charge is 2.39. The summed E-state index contributed by atoms with van der Waals surface area (Å²) in [6, 6.07) is 1.46. The summed E-state index contributed by atoms with van der Waals surface area (Å²) in [6.07, 6.45) is 12.2. The Morgan fingerprint density at radius 2 is 1.88 bits per heavy atom. The van der Waals surface area contributed by atoms with Crippen LogP contribution >= 0.6 is 0 Å². The van der Waals surface area contributed by atoms with Gasteiger partial charge in [0, 0.05) is 12.1 Å². The van der Waals surface area contributed by atoms with Crippen LogP contribution in [0.2, 0.25) is 0 Å². The van der Waals surface area contributed by atoms with Gasteiger partial charge in [-0.15, -0.1) is 0 Å². The molecule has 0 saturated heterocycles. The third kappa shape index (κ3) is 1.84. The van der Waals surface area contributed by atoms with Gasteiger partial charge in [-0.05, 0) is 63.2 Å². The Hall–Kier alpha value is -0.300. The van der Waals surface area contributed by atoms with Gasteiger partial charge in [0.15, 0.2) is 0 Å². The van der Waals surface area contributed by atoms with Crippen molar-refractivity contribution in [1.29, 1.82) is 0 Å². The Kier molecular flexibility index (Phi) is 2.83. The molecule has 2 saturated carbocycles. The fourth-order valence-corrected chi connectivity index (χ4v) is 4.01. The minimum Gasteiger partial charge on any atom is -0.311 e. The van der Waals surface area contributed by atoms with Crippen molar-refractivity contribution in [3.63, 3.8) is 0 Å². The molecule has 0 aromatic carbocycles. The summed E-state index contributed by atoms with van der Waals surface area (Å²) in [5.74, 6) is 3.69. The summed E-state index contributed by atoms with van der Waals surface area (Å²) in [6.45, 7) is 4.80. The number of allylic oxidation sites excluding steroid dienone is 2. The predicted octanol–water partition coefficient (Wildman–Crippen LogP) is 3.37. The molecule has 5 unspecified atom stereocenters. The first-order chi connectivity index (χ1) is 7.74. The second-order valence-electron chi connectivity index (χ2n) is 6.38. The van der Waals surface area contributed by atoms with Gasteiger partial charge < -0.3 is 5.32 Å². The lowest BCUT2D eigenvalue weighted by atomic mass is 9.79. The van der Waals surface area contributed by atoms with Gasteiger partial charge in [-0.25, -0.2) is 0 Å². The molecule has 1 N–H and O–H groups in total. The third-order valence-electron chi connectivity index (χ3n) is 5.36. The first kappa shape index (κ1) is 10.8. The first-order valence-electron chi connectivity index (χ1n) is 7.18. The summed E-state index contributed by atoms with van der Waals surface area (Å²) in [4.78, 5) is 0. The fourth-order valence-electron chi connectivity index (χ4n) is 4.01.